The van der Waals surface area contributed by atoms with E-state index in [1.165, 1.54) is 0 Å². The fourth-order valence-corrected chi connectivity index (χ4v) is 5.75. The van der Waals surface area contributed by atoms with E-state index in [0.717, 1.165) is 90.9 Å². The Hall–Kier alpha value is 1.82. The number of thioether (sulfide) groups is 3. The van der Waals surface area contributed by atoms with Crippen molar-refractivity contribution in [3.63, 3.8) is 0 Å². The van der Waals surface area contributed by atoms with E-state index in [1.807, 2.05) is 35.3 Å². The summed E-state index contributed by atoms with van der Waals surface area (Å²) < 4.78 is 34.3. The van der Waals surface area contributed by atoms with E-state index in [2.05, 4.69) is 37.9 Å². The first-order chi connectivity index (χ1) is 19.2. The molecule has 0 radical (unpaired) electrons. The van der Waals surface area contributed by atoms with Crippen LogP contribution in [-0.2, 0) is 28.4 Å². The molecule has 0 aromatic carbocycles. The minimum absolute atomic E-state index is 0.0291. The summed E-state index contributed by atoms with van der Waals surface area (Å²) in [6.07, 6.45) is 2.89. The van der Waals surface area contributed by atoms with Gasteiger partial charge in [0, 0.05) is 54.3 Å². The Bertz CT molecular complexity index is 413. The fraction of sp³-hybridized carbons (Fsp3) is 1.00. The molecule has 236 valence electrons. The molecule has 0 heterocycles. The van der Waals surface area contributed by atoms with Gasteiger partial charge in [0.2, 0.25) is 0 Å². The molecule has 0 aliphatic heterocycles. The van der Waals surface area contributed by atoms with Gasteiger partial charge in [0.05, 0.1) is 71.5 Å². The predicted octanol–water partition coefficient (Wildman–Crippen LogP) is 4.22. The van der Waals surface area contributed by atoms with E-state index in [9.17, 15) is 5.11 Å². The highest BCUT2D eigenvalue weighted by atomic mass is 32.2. The van der Waals surface area contributed by atoms with Crippen LogP contribution in [0.1, 0.15) is 19.3 Å². The molecule has 0 bridgehead atoms. The Morgan fingerprint density at radius 1 is 0.436 bits per heavy atom. The van der Waals surface area contributed by atoms with Crippen molar-refractivity contribution in [1.29, 1.82) is 0 Å². The molecule has 0 fully saturated rings. The van der Waals surface area contributed by atoms with Crippen molar-refractivity contribution in [2.24, 2.45) is 5.41 Å². The molecule has 0 rings (SSSR count). The van der Waals surface area contributed by atoms with Gasteiger partial charge in [-0.15, -0.1) is 0 Å². The Labute approximate surface area is 267 Å². The lowest BCUT2D eigenvalue weighted by Gasteiger charge is -2.31. The Kier molecular flexibility index (Phi) is 35.9. The highest BCUT2D eigenvalue weighted by Crippen LogP contribution is 2.20. The van der Waals surface area contributed by atoms with Crippen LogP contribution >= 0.6 is 73.2 Å². The second-order valence-corrected chi connectivity index (χ2v) is 13.7. The first-order valence-corrected chi connectivity index (χ1v) is 19.2. The van der Waals surface area contributed by atoms with Crippen molar-refractivity contribution in [3.8, 4) is 0 Å². The van der Waals surface area contributed by atoms with E-state index in [4.69, 9.17) is 28.4 Å². The summed E-state index contributed by atoms with van der Waals surface area (Å²) in [6.45, 7) is 7.61. The molecule has 0 atom stereocenters. The maximum atomic E-state index is 10.3. The zero-order valence-electron chi connectivity index (χ0n) is 23.6. The van der Waals surface area contributed by atoms with Gasteiger partial charge < -0.3 is 33.5 Å². The second-order valence-electron chi connectivity index (χ2n) is 8.72. The second kappa shape index (κ2) is 34.3. The Morgan fingerprint density at radius 2 is 0.769 bits per heavy atom. The molecule has 0 saturated heterocycles. The summed E-state index contributed by atoms with van der Waals surface area (Å²) >= 11 is 18.0. The SMILES string of the molecule is OCC(COCCCSCCOCCS)(COCCCSCCOCCS)COCCCSCCOCCS. The molecule has 7 nitrogen and oxygen atoms in total. The average Bonchev–Trinajstić information content (AvgIpc) is 2.95. The summed E-state index contributed by atoms with van der Waals surface area (Å²) in [4.78, 5) is 0. The summed E-state index contributed by atoms with van der Waals surface area (Å²) in [5, 5.41) is 10.3. The van der Waals surface area contributed by atoms with Gasteiger partial charge in [-0.3, -0.25) is 0 Å². The Morgan fingerprint density at radius 3 is 1.05 bits per heavy atom. The van der Waals surface area contributed by atoms with Crippen LogP contribution in [-0.4, -0.2) is 143 Å². The number of ether oxygens (including phenoxy) is 6. The quantitative estimate of drug-likeness (QED) is 0.0591. The predicted molar refractivity (Wildman–Crippen MR) is 182 cm³/mol. The third-order valence-corrected chi connectivity index (χ3v) is 8.76. The zero-order valence-corrected chi connectivity index (χ0v) is 28.8. The summed E-state index contributed by atoms with van der Waals surface area (Å²) in [5.41, 5.74) is -0.546. The van der Waals surface area contributed by atoms with Crippen molar-refractivity contribution < 1.29 is 33.5 Å². The molecular formula is C26H54O7S6. The van der Waals surface area contributed by atoms with Crippen molar-refractivity contribution >= 4 is 73.2 Å². The van der Waals surface area contributed by atoms with E-state index in [0.29, 0.717) is 59.5 Å². The fourth-order valence-electron chi connectivity index (χ4n) is 3.08. The van der Waals surface area contributed by atoms with Gasteiger partial charge in [0.1, 0.15) is 0 Å². The first-order valence-electron chi connectivity index (χ1n) is 13.9. The lowest BCUT2D eigenvalue weighted by atomic mass is 9.92. The summed E-state index contributed by atoms with van der Waals surface area (Å²) in [6, 6.07) is 0. The zero-order chi connectivity index (χ0) is 28.5. The lowest BCUT2D eigenvalue weighted by Crippen LogP contribution is -2.41. The van der Waals surface area contributed by atoms with E-state index in [-0.39, 0.29) is 6.61 Å². The van der Waals surface area contributed by atoms with Crippen LogP contribution in [0.5, 0.6) is 0 Å². The van der Waals surface area contributed by atoms with E-state index >= 15 is 0 Å². The maximum absolute atomic E-state index is 10.3. The summed E-state index contributed by atoms with van der Waals surface area (Å²) in [5.74, 6) is 8.31. The number of hydrogen-bond donors (Lipinski definition) is 4. The van der Waals surface area contributed by atoms with Crippen LogP contribution in [0.2, 0.25) is 0 Å². The van der Waals surface area contributed by atoms with Crippen LogP contribution in [0.4, 0.5) is 0 Å². The van der Waals surface area contributed by atoms with Gasteiger partial charge in [-0.2, -0.15) is 73.2 Å². The molecule has 0 aromatic heterocycles. The van der Waals surface area contributed by atoms with Crippen molar-refractivity contribution in [2.75, 3.05) is 138 Å². The van der Waals surface area contributed by atoms with Crippen LogP contribution in [0.15, 0.2) is 0 Å². The molecule has 0 aliphatic rings. The van der Waals surface area contributed by atoms with Gasteiger partial charge >= 0.3 is 0 Å². The normalized spacial score (nSPS) is 12.0. The van der Waals surface area contributed by atoms with Crippen LogP contribution in [0, 0.1) is 5.41 Å². The molecule has 0 unspecified atom stereocenters. The third kappa shape index (κ3) is 29.7. The monoisotopic (exact) mass is 670 g/mol. The van der Waals surface area contributed by atoms with Gasteiger partial charge in [0.15, 0.2) is 0 Å². The number of aliphatic hydroxyl groups excluding tert-OH is 1. The van der Waals surface area contributed by atoms with Crippen LogP contribution in [0.25, 0.3) is 0 Å². The van der Waals surface area contributed by atoms with Gasteiger partial charge in [0.25, 0.3) is 0 Å². The van der Waals surface area contributed by atoms with Gasteiger partial charge in [-0.25, -0.2) is 0 Å². The number of rotatable bonds is 34. The molecule has 0 spiro atoms. The molecule has 0 aliphatic carbocycles. The lowest BCUT2D eigenvalue weighted by molar-refractivity contribution is -0.0923. The maximum Gasteiger partial charge on any atom is 0.0635 e. The van der Waals surface area contributed by atoms with Crippen LogP contribution < -0.4 is 0 Å². The molecule has 1 N–H and O–H groups in total. The molecule has 0 amide bonds. The van der Waals surface area contributed by atoms with Gasteiger partial charge in [-0.05, 0) is 36.5 Å². The highest BCUT2D eigenvalue weighted by molar-refractivity contribution is 7.99. The van der Waals surface area contributed by atoms with Crippen molar-refractivity contribution in [1.82, 2.24) is 0 Å². The highest BCUT2D eigenvalue weighted by Gasteiger charge is 2.31. The molecule has 0 aromatic rings. The molecule has 0 saturated carbocycles. The van der Waals surface area contributed by atoms with E-state index in [1.54, 1.807) is 0 Å². The first kappa shape index (κ1) is 40.8. The largest absolute Gasteiger partial charge is 0.396 e. The van der Waals surface area contributed by atoms with Gasteiger partial charge in [-0.1, -0.05) is 0 Å². The topological polar surface area (TPSA) is 75.6 Å². The standard InChI is InChI=1S/C26H54O7S6/c27-22-26(23-31-4-1-16-37-19-10-28-7-13-34,24-32-5-2-17-38-20-11-29-8-14-35)25-33-6-3-18-39-21-12-30-9-15-36/h27,34-36H,1-25H2. The summed E-state index contributed by atoms with van der Waals surface area (Å²) in [7, 11) is 0. The molecular weight excluding hydrogens is 617 g/mol. The minimum Gasteiger partial charge on any atom is -0.396 e. The number of aliphatic hydroxyl groups is 1. The van der Waals surface area contributed by atoms with Crippen molar-refractivity contribution in [2.45, 2.75) is 19.3 Å². The number of hydrogen-bond acceptors (Lipinski definition) is 13. The smallest absolute Gasteiger partial charge is 0.0635 e. The Balaban J connectivity index is 4.22. The number of thiol groups is 3. The molecule has 39 heavy (non-hydrogen) atoms. The van der Waals surface area contributed by atoms with E-state index < -0.39 is 5.41 Å². The minimum atomic E-state index is -0.546. The third-order valence-electron chi connectivity index (χ3n) is 5.12. The molecule has 13 heteroatoms. The van der Waals surface area contributed by atoms with Crippen LogP contribution in [0.3, 0.4) is 0 Å². The average molecular weight is 671 g/mol. The van der Waals surface area contributed by atoms with Crippen molar-refractivity contribution in [3.05, 3.63) is 0 Å².